The number of nitrogens with zero attached hydrogens (tertiary/aromatic N) is 1. The molecule has 2 aliphatic rings. The predicted molar refractivity (Wildman–Crippen MR) is 147 cm³/mol. The minimum absolute atomic E-state index is 0.0596. The Morgan fingerprint density at radius 2 is 1.78 bits per heavy atom. The summed E-state index contributed by atoms with van der Waals surface area (Å²) in [6.07, 6.45) is 6.76. The summed E-state index contributed by atoms with van der Waals surface area (Å²) in [5, 5.41) is 13.5. The highest BCUT2D eigenvalue weighted by Crippen LogP contribution is 2.52. The van der Waals surface area contributed by atoms with Crippen molar-refractivity contribution in [2.45, 2.75) is 43.1 Å². The van der Waals surface area contributed by atoms with E-state index in [9.17, 15) is 14.7 Å². The van der Waals surface area contributed by atoms with Crippen LogP contribution < -0.4 is 10.2 Å². The molecule has 184 valence electrons. The lowest BCUT2D eigenvalue weighted by molar-refractivity contribution is -0.145. The van der Waals surface area contributed by atoms with E-state index in [0.29, 0.717) is 25.7 Å². The van der Waals surface area contributed by atoms with Crippen LogP contribution in [0.4, 0.5) is 11.4 Å². The van der Waals surface area contributed by atoms with Crippen molar-refractivity contribution in [2.75, 3.05) is 17.3 Å². The maximum atomic E-state index is 13.6. The number of hydrogen-bond donors (Lipinski definition) is 2. The Hall–Kier alpha value is -3.38. The Morgan fingerprint density at radius 3 is 2.47 bits per heavy atom. The molecule has 1 saturated carbocycles. The minimum Gasteiger partial charge on any atom is -0.480 e. The van der Waals surface area contributed by atoms with Crippen molar-refractivity contribution in [3.8, 4) is 0 Å². The standard InChI is InChI=1S/C30H29BrN2O3/c1-33-26-14-13-22(10-5-9-21-7-3-2-4-8-21)19-25(26)29(27(33)34)15-17-30(18-16-29,28(35)36)32-24-12-6-11-23(31)20-24/h2-8,10-14,19-20,32H,9,15-18H2,1H3,(H,35,36)/b10-5+. The molecule has 0 aromatic heterocycles. The van der Waals surface area contributed by atoms with E-state index < -0.39 is 16.9 Å². The van der Waals surface area contributed by atoms with Gasteiger partial charge in [-0.05, 0) is 79.1 Å². The van der Waals surface area contributed by atoms with Crippen LogP contribution in [0, 0.1) is 0 Å². The normalized spacial score (nSPS) is 23.3. The second kappa shape index (κ2) is 9.58. The molecule has 0 bridgehead atoms. The molecule has 6 heteroatoms. The number of nitrogens with one attached hydrogen (secondary N) is 1. The fourth-order valence-corrected chi connectivity index (χ4v) is 6.04. The van der Waals surface area contributed by atoms with E-state index >= 15 is 0 Å². The van der Waals surface area contributed by atoms with Crippen molar-refractivity contribution in [1.82, 2.24) is 0 Å². The van der Waals surface area contributed by atoms with E-state index in [1.807, 2.05) is 61.6 Å². The van der Waals surface area contributed by atoms with E-state index in [4.69, 9.17) is 0 Å². The number of amides is 1. The van der Waals surface area contributed by atoms with E-state index in [0.717, 1.165) is 33.4 Å². The van der Waals surface area contributed by atoms with E-state index in [1.165, 1.54) is 5.56 Å². The highest BCUT2D eigenvalue weighted by molar-refractivity contribution is 9.10. The molecule has 1 aliphatic heterocycles. The van der Waals surface area contributed by atoms with Crippen molar-refractivity contribution >= 4 is 45.3 Å². The first-order valence-electron chi connectivity index (χ1n) is 12.2. The maximum absolute atomic E-state index is 13.6. The third-order valence-corrected chi connectivity index (χ3v) is 8.19. The lowest BCUT2D eigenvalue weighted by atomic mass is 9.64. The van der Waals surface area contributed by atoms with Gasteiger partial charge in [0.05, 0.1) is 5.41 Å². The lowest BCUT2D eigenvalue weighted by Gasteiger charge is -2.42. The Kier molecular flexibility index (Phi) is 6.47. The molecule has 1 heterocycles. The number of halogens is 1. The molecular weight excluding hydrogens is 516 g/mol. The van der Waals surface area contributed by atoms with Gasteiger partial charge in [-0.25, -0.2) is 4.79 Å². The molecular formula is C30H29BrN2O3. The summed E-state index contributed by atoms with van der Waals surface area (Å²) >= 11 is 3.46. The van der Waals surface area contributed by atoms with Crippen molar-refractivity contribution in [3.05, 3.63) is 100 Å². The number of carboxylic acids is 1. The van der Waals surface area contributed by atoms with Crippen LogP contribution in [0.1, 0.15) is 42.4 Å². The average molecular weight is 545 g/mol. The van der Waals surface area contributed by atoms with Crippen molar-refractivity contribution < 1.29 is 14.7 Å². The minimum atomic E-state index is -1.11. The molecule has 3 aromatic rings. The zero-order chi connectivity index (χ0) is 25.3. The Balaban J connectivity index is 1.40. The van der Waals surface area contributed by atoms with Crippen LogP contribution in [0.2, 0.25) is 0 Å². The highest BCUT2D eigenvalue weighted by atomic mass is 79.9. The number of likely N-dealkylation sites (N-methyl/N-ethyl adjacent to an activating group) is 1. The fraction of sp³-hybridized carbons (Fsp3) is 0.267. The molecule has 0 saturated heterocycles. The average Bonchev–Trinajstić information content (AvgIpc) is 3.08. The van der Waals surface area contributed by atoms with Gasteiger partial charge in [-0.3, -0.25) is 4.79 Å². The first-order chi connectivity index (χ1) is 17.3. The Labute approximate surface area is 220 Å². The quantitative estimate of drug-likeness (QED) is 0.375. The number of aliphatic carboxylic acids is 1. The van der Waals surface area contributed by atoms with Crippen LogP contribution in [-0.4, -0.2) is 29.6 Å². The molecule has 0 radical (unpaired) electrons. The van der Waals surface area contributed by atoms with Crippen molar-refractivity contribution in [3.63, 3.8) is 0 Å². The SMILES string of the molecule is CN1C(=O)C2(CCC(Nc3cccc(Br)c3)(C(=O)O)CC2)c2cc(/C=C/Cc3ccccc3)ccc21. The van der Waals surface area contributed by atoms with E-state index in [-0.39, 0.29) is 5.91 Å². The first-order valence-corrected chi connectivity index (χ1v) is 13.0. The zero-order valence-electron chi connectivity index (χ0n) is 20.2. The third kappa shape index (κ3) is 4.35. The van der Waals surface area contributed by atoms with Gasteiger partial charge < -0.3 is 15.3 Å². The summed E-state index contributed by atoms with van der Waals surface area (Å²) in [7, 11) is 1.82. The summed E-state index contributed by atoms with van der Waals surface area (Å²) in [6, 6.07) is 24.0. The smallest absolute Gasteiger partial charge is 0.329 e. The molecule has 5 rings (SSSR count). The number of rotatable bonds is 6. The van der Waals surface area contributed by atoms with Gasteiger partial charge in [0.1, 0.15) is 5.54 Å². The number of benzene rings is 3. The van der Waals surface area contributed by atoms with Crippen LogP contribution in [0.15, 0.2) is 83.3 Å². The predicted octanol–water partition coefficient (Wildman–Crippen LogP) is 6.43. The number of anilines is 2. The number of carbonyl (C=O) groups is 2. The summed E-state index contributed by atoms with van der Waals surface area (Å²) in [5.41, 5.74) is 3.18. The lowest BCUT2D eigenvalue weighted by Crippen LogP contribution is -2.54. The van der Waals surface area contributed by atoms with Crippen LogP contribution in [0.5, 0.6) is 0 Å². The molecule has 1 spiro atoms. The van der Waals surface area contributed by atoms with Gasteiger partial charge in [0.25, 0.3) is 0 Å². The third-order valence-electron chi connectivity index (χ3n) is 7.69. The van der Waals surface area contributed by atoms with Gasteiger partial charge in [0.2, 0.25) is 5.91 Å². The van der Waals surface area contributed by atoms with Gasteiger partial charge in [-0.2, -0.15) is 0 Å². The topological polar surface area (TPSA) is 69.6 Å². The van der Waals surface area contributed by atoms with Gasteiger partial charge >= 0.3 is 5.97 Å². The number of allylic oxidation sites excluding steroid dienone is 1. The zero-order valence-corrected chi connectivity index (χ0v) is 21.8. The van der Waals surface area contributed by atoms with Gasteiger partial charge in [0.15, 0.2) is 0 Å². The molecule has 1 amide bonds. The highest BCUT2D eigenvalue weighted by Gasteiger charge is 2.56. The molecule has 0 unspecified atom stereocenters. The number of carboxylic acid groups (broad SMARTS) is 1. The number of hydrogen-bond acceptors (Lipinski definition) is 3. The largest absolute Gasteiger partial charge is 0.480 e. The van der Waals surface area contributed by atoms with E-state index in [2.05, 4.69) is 51.6 Å². The number of carbonyl (C=O) groups excluding carboxylic acids is 1. The van der Waals surface area contributed by atoms with Gasteiger partial charge in [-0.15, -0.1) is 0 Å². The maximum Gasteiger partial charge on any atom is 0.329 e. The summed E-state index contributed by atoms with van der Waals surface area (Å²) in [4.78, 5) is 27.8. The fourth-order valence-electron chi connectivity index (χ4n) is 5.65. The summed E-state index contributed by atoms with van der Waals surface area (Å²) in [5.74, 6) is -0.821. The first kappa shape index (κ1) is 24.3. The molecule has 0 atom stereocenters. The molecule has 1 fully saturated rings. The monoisotopic (exact) mass is 544 g/mol. The van der Waals surface area contributed by atoms with Crippen LogP contribution in [0.25, 0.3) is 6.08 Å². The molecule has 36 heavy (non-hydrogen) atoms. The summed E-state index contributed by atoms with van der Waals surface area (Å²) in [6.45, 7) is 0. The second-order valence-electron chi connectivity index (χ2n) is 9.84. The Bertz CT molecular complexity index is 1330. The van der Waals surface area contributed by atoms with Crippen LogP contribution in [0.3, 0.4) is 0 Å². The van der Waals surface area contributed by atoms with Gasteiger partial charge in [0, 0.05) is 22.9 Å². The second-order valence-corrected chi connectivity index (χ2v) is 10.8. The number of fused-ring (bicyclic) bond motifs is 2. The van der Waals surface area contributed by atoms with E-state index in [1.54, 1.807) is 4.90 Å². The van der Waals surface area contributed by atoms with Crippen LogP contribution in [-0.2, 0) is 21.4 Å². The Morgan fingerprint density at radius 1 is 1.03 bits per heavy atom. The van der Waals surface area contributed by atoms with Crippen molar-refractivity contribution in [1.29, 1.82) is 0 Å². The molecule has 1 aliphatic carbocycles. The van der Waals surface area contributed by atoms with Crippen LogP contribution >= 0.6 is 15.9 Å². The van der Waals surface area contributed by atoms with Crippen molar-refractivity contribution in [2.24, 2.45) is 0 Å². The molecule has 5 nitrogen and oxygen atoms in total. The molecule has 2 N–H and O–H groups in total. The summed E-state index contributed by atoms with van der Waals surface area (Å²) < 4.78 is 0.884. The van der Waals surface area contributed by atoms with Gasteiger partial charge in [-0.1, -0.05) is 70.5 Å². The molecule has 3 aromatic carbocycles.